The number of piperidine rings is 1. The van der Waals surface area contributed by atoms with E-state index in [2.05, 4.69) is 12.2 Å². The van der Waals surface area contributed by atoms with Crippen LogP contribution >= 0.6 is 0 Å². The van der Waals surface area contributed by atoms with Gasteiger partial charge in [0.2, 0.25) is 0 Å². The van der Waals surface area contributed by atoms with Crippen molar-refractivity contribution in [2.24, 2.45) is 5.92 Å². The Morgan fingerprint density at radius 3 is 2.63 bits per heavy atom. The van der Waals surface area contributed by atoms with Crippen molar-refractivity contribution < 1.29 is 9.84 Å². The second kappa shape index (κ2) is 5.93. The molecule has 1 aliphatic rings. The molecule has 1 aromatic rings. The Morgan fingerprint density at radius 2 is 2.05 bits per heavy atom. The standard InChI is InChI=1S/C16H25NO2/c1-4-13-11-17-10-9-16(13,18)14-5-7-15(8-6-14)19-12(2)3/h5-8,12-13,17-18H,4,9-11H2,1-3H3. The summed E-state index contributed by atoms with van der Waals surface area (Å²) in [5.41, 5.74) is 0.313. The fourth-order valence-electron chi connectivity index (χ4n) is 2.88. The van der Waals surface area contributed by atoms with Crippen molar-refractivity contribution in [2.45, 2.75) is 45.3 Å². The maximum Gasteiger partial charge on any atom is 0.119 e. The SMILES string of the molecule is CCC1CNCCC1(O)c1ccc(OC(C)C)cc1. The second-order valence-corrected chi connectivity index (χ2v) is 5.67. The molecule has 19 heavy (non-hydrogen) atoms. The summed E-state index contributed by atoms with van der Waals surface area (Å²) >= 11 is 0. The average molecular weight is 263 g/mol. The van der Waals surface area contributed by atoms with Crippen molar-refractivity contribution in [1.82, 2.24) is 5.32 Å². The van der Waals surface area contributed by atoms with Gasteiger partial charge in [0.25, 0.3) is 0 Å². The van der Waals surface area contributed by atoms with Gasteiger partial charge in [0.1, 0.15) is 5.75 Å². The van der Waals surface area contributed by atoms with Crippen molar-refractivity contribution in [1.29, 1.82) is 0 Å². The third-order valence-electron chi connectivity index (χ3n) is 3.97. The Hall–Kier alpha value is -1.06. The van der Waals surface area contributed by atoms with Gasteiger partial charge in [-0.2, -0.15) is 0 Å². The smallest absolute Gasteiger partial charge is 0.119 e. The van der Waals surface area contributed by atoms with Gasteiger partial charge in [-0.25, -0.2) is 0 Å². The van der Waals surface area contributed by atoms with Crippen LogP contribution in [0.25, 0.3) is 0 Å². The lowest BCUT2D eigenvalue weighted by Gasteiger charge is -2.40. The zero-order valence-corrected chi connectivity index (χ0v) is 12.1. The molecule has 1 aromatic carbocycles. The highest BCUT2D eigenvalue weighted by Gasteiger charge is 2.39. The molecule has 0 bridgehead atoms. The van der Waals surface area contributed by atoms with Gasteiger partial charge < -0.3 is 15.2 Å². The Bertz CT molecular complexity index is 402. The van der Waals surface area contributed by atoms with Crippen LogP contribution in [0.1, 0.15) is 39.2 Å². The van der Waals surface area contributed by atoms with Crippen molar-refractivity contribution in [2.75, 3.05) is 13.1 Å². The molecular weight excluding hydrogens is 238 g/mol. The first-order chi connectivity index (χ1) is 9.06. The van der Waals surface area contributed by atoms with E-state index < -0.39 is 5.60 Å². The van der Waals surface area contributed by atoms with E-state index in [0.29, 0.717) is 0 Å². The third kappa shape index (κ3) is 3.10. The molecule has 0 aliphatic carbocycles. The first kappa shape index (κ1) is 14.4. The van der Waals surface area contributed by atoms with E-state index >= 15 is 0 Å². The summed E-state index contributed by atoms with van der Waals surface area (Å²) in [6, 6.07) is 7.93. The lowest BCUT2D eigenvalue weighted by atomic mass is 9.75. The highest BCUT2D eigenvalue weighted by molar-refractivity contribution is 5.32. The lowest BCUT2D eigenvalue weighted by molar-refractivity contribution is -0.0478. The van der Waals surface area contributed by atoms with Gasteiger partial charge >= 0.3 is 0 Å². The van der Waals surface area contributed by atoms with Crippen LogP contribution in [0.2, 0.25) is 0 Å². The van der Waals surface area contributed by atoms with Crippen molar-refractivity contribution in [3.05, 3.63) is 29.8 Å². The van der Waals surface area contributed by atoms with Gasteiger partial charge in [-0.1, -0.05) is 19.1 Å². The van der Waals surface area contributed by atoms with Gasteiger partial charge in [0.05, 0.1) is 11.7 Å². The van der Waals surface area contributed by atoms with Crippen LogP contribution in [0, 0.1) is 5.92 Å². The largest absolute Gasteiger partial charge is 0.491 e. The first-order valence-corrected chi connectivity index (χ1v) is 7.26. The molecule has 2 rings (SSSR count). The van der Waals surface area contributed by atoms with Gasteiger partial charge in [-0.3, -0.25) is 0 Å². The molecule has 0 saturated carbocycles. The minimum atomic E-state index is -0.698. The summed E-state index contributed by atoms with van der Waals surface area (Å²) < 4.78 is 5.65. The van der Waals surface area contributed by atoms with Crippen LogP contribution in [0.15, 0.2) is 24.3 Å². The minimum absolute atomic E-state index is 0.177. The highest BCUT2D eigenvalue weighted by atomic mass is 16.5. The fourth-order valence-corrected chi connectivity index (χ4v) is 2.88. The Balaban J connectivity index is 2.19. The van der Waals surface area contributed by atoms with Gasteiger partial charge in [-0.15, -0.1) is 0 Å². The fraction of sp³-hybridized carbons (Fsp3) is 0.625. The maximum absolute atomic E-state index is 11.0. The van der Waals surface area contributed by atoms with Crippen LogP contribution in [0.3, 0.4) is 0 Å². The Kier molecular flexibility index (Phi) is 4.48. The number of rotatable bonds is 4. The Labute approximate surface area is 116 Å². The van der Waals surface area contributed by atoms with Gasteiger partial charge in [-0.05, 0) is 50.9 Å². The summed E-state index contributed by atoms with van der Waals surface area (Å²) in [5.74, 6) is 1.14. The number of benzene rings is 1. The van der Waals surface area contributed by atoms with Crippen molar-refractivity contribution in [3.63, 3.8) is 0 Å². The monoisotopic (exact) mass is 263 g/mol. The topological polar surface area (TPSA) is 41.5 Å². The molecule has 2 atom stereocenters. The third-order valence-corrected chi connectivity index (χ3v) is 3.97. The minimum Gasteiger partial charge on any atom is -0.491 e. The molecule has 0 spiro atoms. The molecular formula is C16H25NO2. The lowest BCUT2D eigenvalue weighted by Crippen LogP contribution is -2.47. The van der Waals surface area contributed by atoms with Crippen molar-refractivity contribution >= 4 is 0 Å². The van der Waals surface area contributed by atoms with E-state index in [-0.39, 0.29) is 12.0 Å². The molecule has 1 saturated heterocycles. The van der Waals surface area contributed by atoms with Crippen LogP contribution < -0.4 is 10.1 Å². The number of nitrogens with one attached hydrogen (secondary N) is 1. The van der Waals surface area contributed by atoms with E-state index in [1.165, 1.54) is 0 Å². The molecule has 1 fully saturated rings. The molecule has 0 radical (unpaired) electrons. The summed E-state index contributed by atoms with van der Waals surface area (Å²) in [7, 11) is 0. The molecule has 1 aliphatic heterocycles. The Morgan fingerprint density at radius 1 is 1.37 bits per heavy atom. The zero-order chi connectivity index (χ0) is 13.9. The summed E-state index contributed by atoms with van der Waals surface area (Å²) in [6.45, 7) is 7.93. The molecule has 2 N–H and O–H groups in total. The molecule has 3 nitrogen and oxygen atoms in total. The van der Waals surface area contributed by atoms with Crippen LogP contribution in [0.5, 0.6) is 5.75 Å². The second-order valence-electron chi connectivity index (χ2n) is 5.67. The van der Waals surface area contributed by atoms with Crippen molar-refractivity contribution in [3.8, 4) is 5.75 Å². The van der Waals surface area contributed by atoms with Gasteiger partial charge in [0, 0.05) is 12.5 Å². The van der Waals surface area contributed by atoms with E-state index in [1.807, 2.05) is 38.1 Å². The summed E-state index contributed by atoms with van der Waals surface area (Å²) in [4.78, 5) is 0. The van der Waals surface area contributed by atoms with Crippen LogP contribution in [-0.2, 0) is 5.60 Å². The average Bonchev–Trinajstić information content (AvgIpc) is 2.39. The van der Waals surface area contributed by atoms with E-state index in [0.717, 1.165) is 37.2 Å². The first-order valence-electron chi connectivity index (χ1n) is 7.26. The highest BCUT2D eigenvalue weighted by Crippen LogP contribution is 2.37. The number of hydrogen-bond acceptors (Lipinski definition) is 3. The van der Waals surface area contributed by atoms with Gasteiger partial charge in [0.15, 0.2) is 0 Å². The van der Waals surface area contributed by atoms with Crippen LogP contribution in [0.4, 0.5) is 0 Å². The molecule has 2 unspecified atom stereocenters. The van der Waals surface area contributed by atoms with Crippen LogP contribution in [-0.4, -0.2) is 24.3 Å². The van der Waals surface area contributed by atoms with E-state index in [9.17, 15) is 5.11 Å². The maximum atomic E-state index is 11.0. The quantitative estimate of drug-likeness (QED) is 0.877. The molecule has 0 amide bonds. The normalized spacial score (nSPS) is 27.5. The number of hydrogen-bond donors (Lipinski definition) is 2. The van der Waals surface area contributed by atoms with E-state index in [1.54, 1.807) is 0 Å². The summed E-state index contributed by atoms with van der Waals surface area (Å²) in [5, 5.41) is 14.4. The van der Waals surface area contributed by atoms with E-state index in [4.69, 9.17) is 4.74 Å². The molecule has 0 aromatic heterocycles. The predicted octanol–water partition coefficient (Wildman–Crippen LogP) is 2.68. The zero-order valence-electron chi connectivity index (χ0n) is 12.1. The molecule has 106 valence electrons. The molecule has 1 heterocycles. The number of ether oxygens (including phenoxy) is 1. The summed E-state index contributed by atoms with van der Waals surface area (Å²) in [6.07, 6.45) is 1.93. The number of aliphatic hydroxyl groups is 1. The predicted molar refractivity (Wildman–Crippen MR) is 77.4 cm³/mol. The molecule has 3 heteroatoms.